The van der Waals surface area contributed by atoms with Gasteiger partial charge in [-0.05, 0) is 44.2 Å². The molecule has 0 aliphatic heterocycles. The summed E-state index contributed by atoms with van der Waals surface area (Å²) in [6, 6.07) is 13.0. The van der Waals surface area contributed by atoms with Gasteiger partial charge in [-0.1, -0.05) is 18.2 Å². The second kappa shape index (κ2) is 6.37. The van der Waals surface area contributed by atoms with Gasteiger partial charge < -0.3 is 19.3 Å². The maximum Gasteiger partial charge on any atom is 0.244 e. The zero-order valence-corrected chi connectivity index (χ0v) is 13.6. The molecule has 3 aromatic rings. The Balaban J connectivity index is 1.60. The first-order valence-corrected chi connectivity index (χ1v) is 7.68. The monoisotopic (exact) mass is 325 g/mol. The van der Waals surface area contributed by atoms with E-state index in [-0.39, 0.29) is 12.5 Å². The average Bonchev–Trinajstić information content (AvgIpc) is 3.17. The van der Waals surface area contributed by atoms with E-state index in [2.05, 4.69) is 5.32 Å². The van der Waals surface area contributed by atoms with Gasteiger partial charge >= 0.3 is 0 Å². The van der Waals surface area contributed by atoms with Crippen molar-refractivity contribution >= 4 is 23.0 Å². The quantitative estimate of drug-likeness (QED) is 0.705. The van der Waals surface area contributed by atoms with Gasteiger partial charge in [-0.15, -0.1) is 0 Å². The van der Waals surface area contributed by atoms with Crippen molar-refractivity contribution in [1.29, 1.82) is 0 Å². The van der Waals surface area contributed by atoms with E-state index >= 15 is 0 Å². The molecule has 5 heteroatoms. The Labute approximate surface area is 139 Å². The first-order valence-electron chi connectivity index (χ1n) is 7.68. The number of carbonyl (C=O) groups is 1. The lowest BCUT2D eigenvalue weighted by Gasteiger charge is -2.20. The van der Waals surface area contributed by atoms with E-state index in [4.69, 9.17) is 8.83 Å². The fourth-order valence-electron chi connectivity index (χ4n) is 2.37. The Morgan fingerprint density at radius 1 is 1.25 bits per heavy atom. The lowest BCUT2D eigenvalue weighted by Crippen LogP contribution is -2.37. The molecular weight excluding hydrogens is 306 g/mol. The van der Waals surface area contributed by atoms with Crippen LogP contribution in [-0.2, 0) is 10.4 Å². The van der Waals surface area contributed by atoms with E-state index in [1.54, 1.807) is 32.1 Å². The van der Waals surface area contributed by atoms with Gasteiger partial charge in [0.25, 0.3) is 0 Å². The van der Waals surface area contributed by atoms with Crippen LogP contribution in [0, 0.1) is 6.92 Å². The maximum atomic E-state index is 11.9. The molecule has 0 bridgehead atoms. The van der Waals surface area contributed by atoms with Crippen molar-refractivity contribution in [1.82, 2.24) is 5.32 Å². The Morgan fingerprint density at radius 2 is 2.04 bits per heavy atom. The van der Waals surface area contributed by atoms with Crippen LogP contribution in [0.2, 0.25) is 0 Å². The predicted octanol–water partition coefficient (Wildman–Crippen LogP) is 3.37. The van der Waals surface area contributed by atoms with Gasteiger partial charge in [0, 0.05) is 11.5 Å². The summed E-state index contributed by atoms with van der Waals surface area (Å²) in [5.41, 5.74) is -0.495. The van der Waals surface area contributed by atoms with Gasteiger partial charge in [0.1, 0.15) is 28.5 Å². The lowest BCUT2D eigenvalue weighted by molar-refractivity contribution is -0.117. The first kappa shape index (κ1) is 16.1. The standard InChI is InChI=1S/C19H19NO4/c1-13-7-9-17(23-13)19(2,22)12-20-18(21)10-8-15-11-14-5-3-4-6-16(14)24-15/h3-11,22H,12H2,1-2H3,(H,20,21). The maximum absolute atomic E-state index is 11.9. The minimum Gasteiger partial charge on any atom is -0.463 e. The van der Waals surface area contributed by atoms with Crippen LogP contribution in [0.15, 0.2) is 57.4 Å². The molecule has 5 nitrogen and oxygen atoms in total. The third-order valence-electron chi connectivity index (χ3n) is 3.72. The Morgan fingerprint density at radius 3 is 2.75 bits per heavy atom. The number of benzene rings is 1. The van der Waals surface area contributed by atoms with E-state index in [1.807, 2.05) is 30.3 Å². The highest BCUT2D eigenvalue weighted by Crippen LogP contribution is 2.22. The fourth-order valence-corrected chi connectivity index (χ4v) is 2.37. The summed E-state index contributed by atoms with van der Waals surface area (Å²) in [4.78, 5) is 11.9. The molecule has 0 aliphatic rings. The van der Waals surface area contributed by atoms with Crippen LogP contribution >= 0.6 is 0 Å². The number of rotatable bonds is 5. The van der Waals surface area contributed by atoms with Gasteiger partial charge in [-0.3, -0.25) is 4.79 Å². The Bertz CT molecular complexity index is 853. The number of amides is 1. The minimum atomic E-state index is -1.27. The lowest BCUT2D eigenvalue weighted by atomic mass is 10.0. The molecule has 0 saturated heterocycles. The van der Waals surface area contributed by atoms with Gasteiger partial charge in [0.15, 0.2) is 0 Å². The molecule has 0 spiro atoms. The number of nitrogens with one attached hydrogen (secondary N) is 1. The van der Waals surface area contributed by atoms with E-state index < -0.39 is 5.60 Å². The summed E-state index contributed by atoms with van der Waals surface area (Å²) < 4.78 is 11.0. The van der Waals surface area contributed by atoms with Crippen LogP contribution in [0.25, 0.3) is 17.0 Å². The molecule has 1 unspecified atom stereocenters. The number of carbonyl (C=O) groups excluding carboxylic acids is 1. The molecule has 2 heterocycles. The molecule has 0 fully saturated rings. The van der Waals surface area contributed by atoms with Crippen LogP contribution in [-0.4, -0.2) is 17.6 Å². The predicted molar refractivity (Wildman–Crippen MR) is 91.3 cm³/mol. The third kappa shape index (κ3) is 3.58. The van der Waals surface area contributed by atoms with Gasteiger partial charge in [-0.25, -0.2) is 0 Å². The van der Waals surface area contributed by atoms with Crippen molar-refractivity contribution in [2.24, 2.45) is 0 Å². The highest BCUT2D eigenvalue weighted by Gasteiger charge is 2.27. The smallest absolute Gasteiger partial charge is 0.244 e. The van der Waals surface area contributed by atoms with E-state index in [0.717, 1.165) is 11.0 Å². The number of aryl methyl sites for hydroxylation is 1. The number of fused-ring (bicyclic) bond motifs is 1. The van der Waals surface area contributed by atoms with Crippen molar-refractivity contribution in [3.63, 3.8) is 0 Å². The summed E-state index contributed by atoms with van der Waals surface area (Å²) in [5, 5.41) is 14.0. The molecule has 0 saturated carbocycles. The molecule has 2 aromatic heterocycles. The van der Waals surface area contributed by atoms with Crippen LogP contribution in [0.4, 0.5) is 0 Å². The Kier molecular flexibility index (Phi) is 4.27. The summed E-state index contributed by atoms with van der Waals surface area (Å²) in [5.74, 6) is 1.40. The number of para-hydroxylation sites is 1. The van der Waals surface area contributed by atoms with E-state index in [9.17, 15) is 9.90 Å². The summed E-state index contributed by atoms with van der Waals surface area (Å²) in [6.45, 7) is 3.44. The first-order chi connectivity index (χ1) is 11.4. The molecule has 124 valence electrons. The molecule has 24 heavy (non-hydrogen) atoms. The van der Waals surface area contributed by atoms with Crippen molar-refractivity contribution in [2.45, 2.75) is 19.4 Å². The second-order valence-electron chi connectivity index (χ2n) is 5.92. The van der Waals surface area contributed by atoms with Crippen molar-refractivity contribution in [2.75, 3.05) is 6.54 Å². The third-order valence-corrected chi connectivity index (χ3v) is 3.72. The van der Waals surface area contributed by atoms with Crippen LogP contribution in [0.1, 0.15) is 24.2 Å². The molecule has 0 radical (unpaired) electrons. The molecule has 1 amide bonds. The summed E-state index contributed by atoms with van der Waals surface area (Å²) in [7, 11) is 0. The fraction of sp³-hybridized carbons (Fsp3) is 0.211. The molecule has 3 rings (SSSR count). The zero-order valence-electron chi connectivity index (χ0n) is 13.6. The van der Waals surface area contributed by atoms with Crippen LogP contribution in [0.3, 0.4) is 0 Å². The number of furan rings is 2. The van der Waals surface area contributed by atoms with Gasteiger partial charge in [-0.2, -0.15) is 0 Å². The average molecular weight is 325 g/mol. The second-order valence-corrected chi connectivity index (χ2v) is 5.92. The summed E-state index contributed by atoms with van der Waals surface area (Å²) >= 11 is 0. The highest BCUT2D eigenvalue weighted by molar-refractivity contribution is 5.92. The topological polar surface area (TPSA) is 75.6 Å². The highest BCUT2D eigenvalue weighted by atomic mass is 16.4. The number of hydrogen-bond donors (Lipinski definition) is 2. The summed E-state index contributed by atoms with van der Waals surface area (Å²) in [6.07, 6.45) is 2.97. The molecule has 1 aromatic carbocycles. The van der Waals surface area contributed by atoms with Crippen molar-refractivity contribution in [3.8, 4) is 0 Å². The molecular formula is C19H19NO4. The molecule has 0 aliphatic carbocycles. The molecule has 2 N–H and O–H groups in total. The number of aliphatic hydroxyl groups is 1. The largest absolute Gasteiger partial charge is 0.463 e. The number of hydrogen-bond acceptors (Lipinski definition) is 4. The SMILES string of the molecule is Cc1ccc(C(C)(O)CNC(=O)C=Cc2cc3ccccc3o2)o1. The minimum absolute atomic E-state index is 0.0449. The van der Waals surface area contributed by atoms with Crippen molar-refractivity contribution < 1.29 is 18.7 Å². The van der Waals surface area contributed by atoms with E-state index in [0.29, 0.717) is 17.3 Å². The molecule has 1 atom stereocenters. The van der Waals surface area contributed by atoms with E-state index in [1.165, 1.54) is 6.08 Å². The van der Waals surface area contributed by atoms with Crippen LogP contribution in [0.5, 0.6) is 0 Å². The van der Waals surface area contributed by atoms with Gasteiger partial charge in [0.05, 0.1) is 6.54 Å². The van der Waals surface area contributed by atoms with Gasteiger partial charge in [0.2, 0.25) is 5.91 Å². The van der Waals surface area contributed by atoms with Crippen molar-refractivity contribution in [3.05, 3.63) is 65.8 Å². The zero-order chi connectivity index (χ0) is 17.2. The Hall–Kier alpha value is -2.79. The normalized spacial score (nSPS) is 14.1. The van der Waals surface area contributed by atoms with Crippen LogP contribution < -0.4 is 5.32 Å².